The average Bonchev–Trinajstić information content (AvgIpc) is 2.73. The van der Waals surface area contributed by atoms with Gasteiger partial charge < -0.3 is 38.3 Å². The van der Waals surface area contributed by atoms with Crippen molar-refractivity contribution in [3.8, 4) is 0 Å². The lowest BCUT2D eigenvalue weighted by Gasteiger charge is -2.22. The van der Waals surface area contributed by atoms with Crippen LogP contribution in [0.4, 0.5) is 0 Å². The summed E-state index contributed by atoms with van der Waals surface area (Å²) in [5, 5.41) is 16.8. The van der Waals surface area contributed by atoms with Gasteiger partial charge in [-0.05, 0) is 25.3 Å². The molecule has 3 atom stereocenters. The molecule has 12 heteroatoms. The van der Waals surface area contributed by atoms with Crippen molar-refractivity contribution in [2.45, 2.75) is 44.3 Å². The molecule has 0 bridgehead atoms. The van der Waals surface area contributed by atoms with E-state index in [0.29, 0.717) is 6.42 Å². The summed E-state index contributed by atoms with van der Waals surface area (Å²) in [6.07, 6.45) is 0.563. The van der Waals surface area contributed by atoms with Crippen LogP contribution in [-0.2, 0) is 25.6 Å². The summed E-state index contributed by atoms with van der Waals surface area (Å²) in [5.41, 5.74) is 16.7. The van der Waals surface area contributed by atoms with E-state index in [0.717, 1.165) is 5.56 Å². The van der Waals surface area contributed by atoms with Crippen molar-refractivity contribution in [1.29, 1.82) is 0 Å². The standard InChI is InChI=1S/C20H31N7O5/c1-12(21)17(29)25-11-16(28)26-14(8-5-9-24-20(22)23)18(30)27-15(19(31)32)10-13-6-3-2-4-7-13/h2-4,6-7,12,14-15H,5,8-11,21H2,1H3,(H,25,29)(H,26,28)(H,27,30)(H,31,32)(H4,22,23,24). The van der Waals surface area contributed by atoms with Crippen LogP contribution in [0.5, 0.6) is 0 Å². The summed E-state index contributed by atoms with van der Waals surface area (Å²) in [7, 11) is 0. The quantitative estimate of drug-likeness (QED) is 0.0993. The van der Waals surface area contributed by atoms with E-state index in [4.69, 9.17) is 17.2 Å². The zero-order valence-electron chi connectivity index (χ0n) is 17.9. The highest BCUT2D eigenvalue weighted by Crippen LogP contribution is 2.05. The lowest BCUT2D eigenvalue weighted by atomic mass is 10.0. The molecule has 0 aromatic heterocycles. The number of hydrogen-bond donors (Lipinski definition) is 7. The summed E-state index contributed by atoms with van der Waals surface area (Å²) in [6, 6.07) is 5.77. The number of nitrogens with two attached hydrogens (primary N) is 3. The first-order valence-corrected chi connectivity index (χ1v) is 10.0. The summed E-state index contributed by atoms with van der Waals surface area (Å²) in [5.74, 6) is -3.15. The van der Waals surface area contributed by atoms with Crippen LogP contribution in [0.1, 0.15) is 25.3 Å². The third kappa shape index (κ3) is 10.4. The molecule has 0 saturated carbocycles. The van der Waals surface area contributed by atoms with Crippen molar-refractivity contribution in [2.75, 3.05) is 13.1 Å². The number of amides is 3. The van der Waals surface area contributed by atoms with E-state index in [2.05, 4.69) is 20.9 Å². The Labute approximate surface area is 186 Å². The Hall–Kier alpha value is -3.67. The summed E-state index contributed by atoms with van der Waals surface area (Å²) in [4.78, 5) is 52.0. The van der Waals surface area contributed by atoms with E-state index >= 15 is 0 Å². The molecule has 0 aliphatic heterocycles. The lowest BCUT2D eigenvalue weighted by molar-refractivity contribution is -0.142. The van der Waals surface area contributed by atoms with Crippen LogP contribution in [0.15, 0.2) is 35.3 Å². The molecular formula is C20H31N7O5. The van der Waals surface area contributed by atoms with Gasteiger partial charge in [0.15, 0.2) is 5.96 Å². The maximum Gasteiger partial charge on any atom is 0.326 e. The minimum Gasteiger partial charge on any atom is -0.480 e. The van der Waals surface area contributed by atoms with Gasteiger partial charge in [-0.15, -0.1) is 0 Å². The van der Waals surface area contributed by atoms with E-state index in [1.165, 1.54) is 6.92 Å². The van der Waals surface area contributed by atoms with Gasteiger partial charge in [0.25, 0.3) is 0 Å². The molecule has 1 rings (SSSR count). The van der Waals surface area contributed by atoms with E-state index in [-0.39, 0.29) is 31.9 Å². The van der Waals surface area contributed by atoms with E-state index in [1.807, 2.05) is 0 Å². The Morgan fingerprint density at radius 3 is 2.25 bits per heavy atom. The van der Waals surface area contributed by atoms with Gasteiger partial charge in [-0.25, -0.2) is 4.79 Å². The van der Waals surface area contributed by atoms with E-state index < -0.39 is 41.8 Å². The topological polar surface area (TPSA) is 215 Å². The second kappa shape index (κ2) is 13.6. The first-order valence-electron chi connectivity index (χ1n) is 10.0. The Morgan fingerprint density at radius 1 is 1.03 bits per heavy atom. The fourth-order valence-electron chi connectivity index (χ4n) is 2.67. The highest BCUT2D eigenvalue weighted by molar-refractivity contribution is 5.92. The molecule has 0 heterocycles. The van der Waals surface area contributed by atoms with Crippen LogP contribution < -0.4 is 33.2 Å². The zero-order valence-corrected chi connectivity index (χ0v) is 17.9. The normalized spacial score (nSPS) is 13.2. The maximum atomic E-state index is 12.8. The number of guanidine groups is 1. The molecule has 0 fully saturated rings. The third-order valence-corrected chi connectivity index (χ3v) is 4.33. The molecule has 0 saturated heterocycles. The van der Waals surface area contributed by atoms with Crippen LogP contribution in [0.3, 0.4) is 0 Å². The second-order valence-corrected chi connectivity index (χ2v) is 7.16. The van der Waals surface area contributed by atoms with Crippen molar-refractivity contribution < 1.29 is 24.3 Å². The van der Waals surface area contributed by atoms with Crippen molar-refractivity contribution >= 4 is 29.7 Å². The Kier molecular flexibility index (Phi) is 11.2. The predicted molar refractivity (Wildman–Crippen MR) is 118 cm³/mol. The van der Waals surface area contributed by atoms with E-state index in [1.54, 1.807) is 30.3 Å². The highest BCUT2D eigenvalue weighted by Gasteiger charge is 2.26. The molecule has 1 aromatic carbocycles. The molecule has 12 nitrogen and oxygen atoms in total. The molecule has 10 N–H and O–H groups in total. The van der Waals surface area contributed by atoms with Gasteiger partial charge in [0.05, 0.1) is 12.6 Å². The third-order valence-electron chi connectivity index (χ3n) is 4.33. The number of hydrogen-bond acceptors (Lipinski definition) is 6. The monoisotopic (exact) mass is 449 g/mol. The number of carbonyl (C=O) groups excluding carboxylic acids is 3. The van der Waals surface area contributed by atoms with Gasteiger partial charge in [0.1, 0.15) is 12.1 Å². The lowest BCUT2D eigenvalue weighted by Crippen LogP contribution is -2.54. The first-order chi connectivity index (χ1) is 15.1. The number of rotatable bonds is 13. The number of nitrogens with zero attached hydrogens (tertiary/aromatic N) is 1. The largest absolute Gasteiger partial charge is 0.480 e. The summed E-state index contributed by atoms with van der Waals surface area (Å²) < 4.78 is 0. The number of carbonyl (C=O) groups is 4. The molecule has 0 aliphatic rings. The fraction of sp³-hybridized carbons (Fsp3) is 0.450. The molecule has 0 radical (unpaired) electrons. The van der Waals surface area contributed by atoms with Gasteiger partial charge in [0.2, 0.25) is 17.7 Å². The molecule has 1 aromatic rings. The second-order valence-electron chi connectivity index (χ2n) is 7.16. The minimum absolute atomic E-state index is 0.0705. The smallest absolute Gasteiger partial charge is 0.326 e. The van der Waals surface area contributed by atoms with Crippen molar-refractivity contribution in [3.63, 3.8) is 0 Å². The summed E-state index contributed by atoms with van der Waals surface area (Å²) >= 11 is 0. The van der Waals surface area contributed by atoms with Crippen LogP contribution in [0.25, 0.3) is 0 Å². The number of aliphatic imine (C=N–C) groups is 1. The zero-order chi connectivity index (χ0) is 24.1. The van der Waals surface area contributed by atoms with Crippen LogP contribution in [0.2, 0.25) is 0 Å². The molecule has 3 unspecified atom stereocenters. The molecule has 32 heavy (non-hydrogen) atoms. The fourth-order valence-corrected chi connectivity index (χ4v) is 2.67. The predicted octanol–water partition coefficient (Wildman–Crippen LogP) is -2.20. The van der Waals surface area contributed by atoms with Crippen LogP contribution >= 0.6 is 0 Å². The van der Waals surface area contributed by atoms with Crippen LogP contribution in [-0.4, -0.2) is 66.0 Å². The Balaban J connectivity index is 2.81. The maximum absolute atomic E-state index is 12.8. The number of benzene rings is 1. The average molecular weight is 450 g/mol. The number of carboxylic acid groups (broad SMARTS) is 1. The summed E-state index contributed by atoms with van der Waals surface area (Å²) in [6.45, 7) is 1.30. The molecular weight excluding hydrogens is 418 g/mol. The van der Waals surface area contributed by atoms with Crippen molar-refractivity contribution in [2.24, 2.45) is 22.2 Å². The SMILES string of the molecule is CC(N)C(=O)NCC(=O)NC(CCCN=C(N)N)C(=O)NC(Cc1ccccc1)C(=O)O. The molecule has 0 spiro atoms. The van der Waals surface area contributed by atoms with E-state index in [9.17, 15) is 24.3 Å². The Bertz CT molecular complexity index is 810. The number of aliphatic carboxylic acids is 1. The molecule has 3 amide bonds. The van der Waals surface area contributed by atoms with Gasteiger partial charge in [0, 0.05) is 13.0 Å². The molecule has 176 valence electrons. The number of carboxylic acids is 1. The highest BCUT2D eigenvalue weighted by atomic mass is 16.4. The van der Waals surface area contributed by atoms with Crippen LogP contribution in [0, 0.1) is 0 Å². The van der Waals surface area contributed by atoms with Gasteiger partial charge in [-0.3, -0.25) is 19.4 Å². The van der Waals surface area contributed by atoms with Gasteiger partial charge >= 0.3 is 5.97 Å². The number of nitrogens with one attached hydrogen (secondary N) is 3. The minimum atomic E-state index is -1.21. The van der Waals surface area contributed by atoms with Crippen molar-refractivity contribution in [1.82, 2.24) is 16.0 Å². The van der Waals surface area contributed by atoms with Crippen molar-refractivity contribution in [3.05, 3.63) is 35.9 Å². The van der Waals surface area contributed by atoms with Gasteiger partial charge in [-0.1, -0.05) is 30.3 Å². The molecule has 0 aliphatic carbocycles. The first kappa shape index (κ1) is 26.4. The van der Waals surface area contributed by atoms with Gasteiger partial charge in [-0.2, -0.15) is 0 Å². The Morgan fingerprint density at radius 2 is 1.69 bits per heavy atom.